The fourth-order valence-electron chi connectivity index (χ4n) is 4.14. The lowest BCUT2D eigenvalue weighted by Gasteiger charge is -2.32. The molecule has 0 aliphatic rings. The summed E-state index contributed by atoms with van der Waals surface area (Å²) < 4.78 is 12.6. The maximum Gasteiger partial charge on any atom is 0.322 e. The average molecular weight is 495 g/mol. The van der Waals surface area contributed by atoms with Crippen LogP contribution >= 0.6 is 11.6 Å². The zero-order chi connectivity index (χ0) is 24.9. The SMILES string of the molecule is CCC(c1nc2cc(Cl)ccc2c(=O)n1CC)N(Cc1ccco1)C(=O)Nc1ccccc1OC. The van der Waals surface area contributed by atoms with Crippen LogP contribution in [0.5, 0.6) is 5.75 Å². The van der Waals surface area contributed by atoms with E-state index in [1.165, 1.54) is 0 Å². The van der Waals surface area contributed by atoms with Gasteiger partial charge in [-0.1, -0.05) is 30.7 Å². The van der Waals surface area contributed by atoms with Gasteiger partial charge in [0.2, 0.25) is 0 Å². The summed E-state index contributed by atoms with van der Waals surface area (Å²) in [4.78, 5) is 33.4. The topological polar surface area (TPSA) is 89.6 Å². The van der Waals surface area contributed by atoms with Crippen molar-refractivity contribution in [1.82, 2.24) is 14.5 Å². The van der Waals surface area contributed by atoms with Gasteiger partial charge in [-0.15, -0.1) is 0 Å². The summed E-state index contributed by atoms with van der Waals surface area (Å²) in [5.74, 6) is 1.63. The van der Waals surface area contributed by atoms with Crippen molar-refractivity contribution >= 4 is 34.2 Å². The van der Waals surface area contributed by atoms with Gasteiger partial charge in [-0.2, -0.15) is 0 Å². The highest BCUT2D eigenvalue weighted by Gasteiger charge is 2.30. The molecule has 0 aliphatic carbocycles. The molecule has 0 fully saturated rings. The number of anilines is 1. The minimum atomic E-state index is -0.522. The summed E-state index contributed by atoms with van der Waals surface area (Å²) in [5.41, 5.74) is 0.847. The number of amides is 2. The summed E-state index contributed by atoms with van der Waals surface area (Å²) in [5, 5.41) is 3.90. The number of hydrogen-bond donors (Lipinski definition) is 1. The minimum Gasteiger partial charge on any atom is -0.495 e. The molecule has 2 aromatic carbocycles. The third-order valence-electron chi connectivity index (χ3n) is 5.84. The average Bonchev–Trinajstić information content (AvgIpc) is 3.37. The number of rotatable bonds is 8. The smallest absolute Gasteiger partial charge is 0.322 e. The van der Waals surface area contributed by atoms with E-state index in [2.05, 4.69) is 5.32 Å². The van der Waals surface area contributed by atoms with Gasteiger partial charge in [0.1, 0.15) is 17.3 Å². The lowest BCUT2D eigenvalue weighted by Crippen LogP contribution is -2.40. The molecular formula is C26H27ClN4O4. The van der Waals surface area contributed by atoms with E-state index in [0.717, 1.165) is 0 Å². The van der Waals surface area contributed by atoms with Crippen molar-refractivity contribution in [2.24, 2.45) is 0 Å². The lowest BCUT2D eigenvalue weighted by atomic mass is 10.1. The Morgan fingerprint density at radius 1 is 1.20 bits per heavy atom. The van der Waals surface area contributed by atoms with Gasteiger partial charge >= 0.3 is 6.03 Å². The van der Waals surface area contributed by atoms with Gasteiger partial charge in [-0.05, 0) is 55.8 Å². The van der Waals surface area contributed by atoms with Gasteiger partial charge in [0.25, 0.3) is 5.56 Å². The number of fused-ring (bicyclic) bond motifs is 1. The van der Waals surface area contributed by atoms with Crippen molar-refractivity contribution in [3.63, 3.8) is 0 Å². The van der Waals surface area contributed by atoms with Crippen LogP contribution in [0.2, 0.25) is 5.02 Å². The monoisotopic (exact) mass is 494 g/mol. The van der Waals surface area contributed by atoms with Crippen molar-refractivity contribution in [2.75, 3.05) is 12.4 Å². The molecule has 0 bridgehead atoms. The Balaban J connectivity index is 1.82. The van der Waals surface area contributed by atoms with Gasteiger partial charge in [0.05, 0.1) is 42.5 Å². The molecular weight excluding hydrogens is 468 g/mol. The number of carbonyl (C=O) groups is 1. The molecule has 2 amide bonds. The third kappa shape index (κ3) is 5.02. The number of para-hydroxylation sites is 2. The van der Waals surface area contributed by atoms with Crippen molar-refractivity contribution in [1.29, 1.82) is 0 Å². The zero-order valence-electron chi connectivity index (χ0n) is 19.8. The number of ether oxygens (including phenoxy) is 1. The third-order valence-corrected chi connectivity index (χ3v) is 6.07. The molecule has 8 nitrogen and oxygen atoms in total. The highest BCUT2D eigenvalue weighted by Crippen LogP contribution is 2.29. The van der Waals surface area contributed by atoms with E-state index < -0.39 is 6.04 Å². The number of benzene rings is 2. The van der Waals surface area contributed by atoms with E-state index in [4.69, 9.17) is 25.7 Å². The molecule has 9 heteroatoms. The van der Waals surface area contributed by atoms with Crippen molar-refractivity contribution in [2.45, 2.75) is 39.4 Å². The van der Waals surface area contributed by atoms with Crippen molar-refractivity contribution in [3.05, 3.63) is 87.8 Å². The largest absolute Gasteiger partial charge is 0.495 e. The molecule has 2 aromatic heterocycles. The second-order valence-corrected chi connectivity index (χ2v) is 8.38. The Morgan fingerprint density at radius 3 is 2.69 bits per heavy atom. The maximum absolute atomic E-state index is 13.7. The fraction of sp³-hybridized carbons (Fsp3) is 0.269. The molecule has 4 rings (SSSR count). The summed E-state index contributed by atoms with van der Waals surface area (Å²) in [6.45, 7) is 4.41. The normalized spacial score (nSPS) is 11.9. The van der Waals surface area contributed by atoms with E-state index in [1.54, 1.807) is 65.3 Å². The maximum atomic E-state index is 13.7. The summed E-state index contributed by atoms with van der Waals surface area (Å²) >= 11 is 6.19. The molecule has 0 aliphatic heterocycles. The number of methoxy groups -OCH3 is 1. The number of nitrogens with one attached hydrogen (secondary N) is 1. The molecule has 1 N–H and O–H groups in total. The molecule has 2 heterocycles. The van der Waals surface area contributed by atoms with Gasteiger partial charge in [0, 0.05) is 11.6 Å². The fourth-order valence-corrected chi connectivity index (χ4v) is 4.31. The Bertz CT molecular complexity index is 1380. The molecule has 4 aromatic rings. The van der Waals surface area contributed by atoms with Crippen molar-refractivity contribution in [3.8, 4) is 5.75 Å². The van der Waals surface area contributed by atoms with Crippen LogP contribution in [0.3, 0.4) is 0 Å². The molecule has 0 saturated carbocycles. The molecule has 35 heavy (non-hydrogen) atoms. The van der Waals surface area contributed by atoms with E-state index in [9.17, 15) is 9.59 Å². The zero-order valence-corrected chi connectivity index (χ0v) is 20.6. The number of halogens is 1. The first-order chi connectivity index (χ1) is 17.0. The molecule has 0 radical (unpaired) electrons. The van der Waals surface area contributed by atoms with E-state index in [0.29, 0.717) is 51.9 Å². The van der Waals surface area contributed by atoms with Crippen LogP contribution in [0.4, 0.5) is 10.5 Å². The van der Waals surface area contributed by atoms with E-state index in [1.807, 2.05) is 26.0 Å². The highest BCUT2D eigenvalue weighted by molar-refractivity contribution is 6.31. The van der Waals surface area contributed by atoms with Gasteiger partial charge in [-0.3, -0.25) is 9.36 Å². The van der Waals surface area contributed by atoms with E-state index >= 15 is 0 Å². The quantitative estimate of drug-likeness (QED) is 0.331. The van der Waals surface area contributed by atoms with Crippen LogP contribution in [0.25, 0.3) is 10.9 Å². The Morgan fingerprint density at radius 2 is 2.00 bits per heavy atom. The Hall–Kier alpha value is -3.78. The predicted octanol–water partition coefficient (Wildman–Crippen LogP) is 5.86. The lowest BCUT2D eigenvalue weighted by molar-refractivity contribution is 0.169. The number of carbonyl (C=O) groups excluding carboxylic acids is 1. The molecule has 1 atom stereocenters. The summed E-state index contributed by atoms with van der Waals surface area (Å²) in [7, 11) is 1.55. The van der Waals surface area contributed by atoms with Crippen molar-refractivity contribution < 1.29 is 13.9 Å². The van der Waals surface area contributed by atoms with Crippen LogP contribution in [-0.4, -0.2) is 27.6 Å². The van der Waals surface area contributed by atoms with Gasteiger partial charge < -0.3 is 19.4 Å². The minimum absolute atomic E-state index is 0.175. The predicted molar refractivity (Wildman–Crippen MR) is 136 cm³/mol. The molecule has 0 spiro atoms. The molecule has 1 unspecified atom stereocenters. The highest BCUT2D eigenvalue weighted by atomic mass is 35.5. The number of hydrogen-bond acceptors (Lipinski definition) is 5. The van der Waals surface area contributed by atoms with Gasteiger partial charge in [0.15, 0.2) is 0 Å². The second-order valence-electron chi connectivity index (χ2n) is 7.94. The first-order valence-electron chi connectivity index (χ1n) is 11.4. The standard InChI is InChI=1S/C26H27ClN4O4/c1-4-22(24-28-21-15-17(27)12-13-19(21)25(32)30(24)5-2)31(16-18-9-8-14-35-18)26(33)29-20-10-6-7-11-23(20)34-3/h6-15,22H,4-5,16H2,1-3H3,(H,29,33). The van der Waals surface area contributed by atoms with Crippen LogP contribution in [0.1, 0.15) is 37.9 Å². The number of furan rings is 1. The first-order valence-corrected chi connectivity index (χ1v) is 11.8. The second kappa shape index (κ2) is 10.7. The first kappa shape index (κ1) is 24.3. The molecule has 182 valence electrons. The number of aromatic nitrogens is 2. The van der Waals surface area contributed by atoms with Crippen LogP contribution in [0.15, 0.2) is 70.1 Å². The Labute approximate surface area is 208 Å². The van der Waals surface area contributed by atoms with Crippen LogP contribution < -0.4 is 15.6 Å². The van der Waals surface area contributed by atoms with E-state index in [-0.39, 0.29) is 18.1 Å². The number of urea groups is 1. The van der Waals surface area contributed by atoms with Crippen LogP contribution in [-0.2, 0) is 13.1 Å². The Kier molecular flexibility index (Phi) is 7.41. The molecule has 0 saturated heterocycles. The summed E-state index contributed by atoms with van der Waals surface area (Å²) in [6, 6.07) is 14.9. The van der Waals surface area contributed by atoms with Gasteiger partial charge in [-0.25, -0.2) is 9.78 Å². The number of nitrogens with zero attached hydrogens (tertiary/aromatic N) is 3. The summed E-state index contributed by atoms with van der Waals surface area (Å²) in [6.07, 6.45) is 2.07. The van der Waals surface area contributed by atoms with Crippen LogP contribution in [0, 0.1) is 0 Å².